The topological polar surface area (TPSA) is 40.5 Å². The van der Waals surface area contributed by atoms with Crippen LogP contribution in [-0.4, -0.2) is 26.3 Å². The van der Waals surface area contributed by atoms with E-state index in [1.807, 2.05) is 0 Å². The fourth-order valence-corrected chi connectivity index (χ4v) is 0.316. The Morgan fingerprint density at radius 3 is 2.50 bits per heavy atom. The minimum absolute atomic E-state index is 0.0214. The monoisotopic (exact) mass is 102 g/mol. The molecule has 0 aliphatic rings. The molecular weight excluding hydrogens is 96.1 g/mol. The van der Waals surface area contributed by atoms with Crippen LogP contribution >= 0.6 is 0 Å². The van der Waals surface area contributed by atoms with Crippen LogP contribution in [0.25, 0.3) is 0 Å². The summed E-state index contributed by atoms with van der Waals surface area (Å²) in [5.74, 6) is 0. The standard InChI is InChI=1S/C3H6O2Si/c4-2-1-3-6-5/h1,3-5H,2H2/b3-1+. The highest BCUT2D eigenvalue weighted by molar-refractivity contribution is 6.32. The van der Waals surface area contributed by atoms with E-state index in [0.29, 0.717) is 0 Å². The van der Waals surface area contributed by atoms with E-state index in [2.05, 4.69) is 0 Å². The van der Waals surface area contributed by atoms with Crippen molar-refractivity contribution in [1.29, 1.82) is 0 Å². The molecule has 3 heteroatoms. The molecule has 34 valence electrons. The molecule has 2 nitrogen and oxygen atoms in total. The van der Waals surface area contributed by atoms with Crippen molar-refractivity contribution >= 4 is 9.76 Å². The third-order valence-electron chi connectivity index (χ3n) is 0.298. The summed E-state index contributed by atoms with van der Waals surface area (Å²) in [4.78, 5) is 8.03. The Morgan fingerprint density at radius 1 is 1.67 bits per heavy atom. The maximum atomic E-state index is 8.03. The van der Waals surface area contributed by atoms with Gasteiger partial charge >= 0.3 is 0 Å². The van der Waals surface area contributed by atoms with Gasteiger partial charge in [-0.2, -0.15) is 0 Å². The van der Waals surface area contributed by atoms with E-state index >= 15 is 0 Å². The van der Waals surface area contributed by atoms with Gasteiger partial charge in [-0.05, 0) is 0 Å². The Kier molecular flexibility index (Phi) is 4.78. The Morgan fingerprint density at radius 2 is 2.33 bits per heavy atom. The van der Waals surface area contributed by atoms with Crippen LogP contribution in [0.3, 0.4) is 0 Å². The third-order valence-corrected chi connectivity index (χ3v) is 0.683. The number of hydrogen-bond acceptors (Lipinski definition) is 2. The van der Waals surface area contributed by atoms with Crippen molar-refractivity contribution in [3.8, 4) is 0 Å². The van der Waals surface area contributed by atoms with Gasteiger partial charge in [0.15, 0.2) is 0 Å². The summed E-state index contributed by atoms with van der Waals surface area (Å²) in [5, 5.41) is 8.00. The van der Waals surface area contributed by atoms with Gasteiger partial charge < -0.3 is 9.90 Å². The number of aliphatic hydroxyl groups is 1. The highest BCUT2D eigenvalue weighted by Crippen LogP contribution is 1.60. The van der Waals surface area contributed by atoms with Gasteiger partial charge in [-0.1, -0.05) is 11.8 Å². The van der Waals surface area contributed by atoms with E-state index in [1.165, 1.54) is 11.8 Å². The zero-order valence-corrected chi connectivity index (χ0v) is 4.26. The van der Waals surface area contributed by atoms with Gasteiger partial charge in [0.25, 0.3) is 9.76 Å². The summed E-state index contributed by atoms with van der Waals surface area (Å²) in [6.45, 7) is 0.0214. The van der Waals surface area contributed by atoms with E-state index < -0.39 is 0 Å². The van der Waals surface area contributed by atoms with Gasteiger partial charge in [0.1, 0.15) is 0 Å². The summed E-state index contributed by atoms with van der Waals surface area (Å²) in [5.41, 5.74) is 1.51. The van der Waals surface area contributed by atoms with Gasteiger partial charge in [0.2, 0.25) is 0 Å². The Labute approximate surface area is 39.1 Å². The molecule has 0 rings (SSSR count). The van der Waals surface area contributed by atoms with Crippen LogP contribution in [-0.2, 0) is 0 Å². The molecule has 0 unspecified atom stereocenters. The van der Waals surface area contributed by atoms with E-state index in [-0.39, 0.29) is 16.4 Å². The molecule has 0 aliphatic carbocycles. The molecule has 0 atom stereocenters. The maximum Gasteiger partial charge on any atom is 0.256 e. The lowest BCUT2D eigenvalue weighted by Gasteiger charge is -1.70. The molecule has 0 spiro atoms. The lowest BCUT2D eigenvalue weighted by atomic mass is 10.7. The zero-order valence-electron chi connectivity index (χ0n) is 3.26. The SMILES string of the molecule is OC/C=C/[Si]O. The molecule has 0 fully saturated rings. The largest absolute Gasteiger partial charge is 0.428 e. The smallest absolute Gasteiger partial charge is 0.256 e. The molecule has 0 aromatic carbocycles. The fourth-order valence-electron chi connectivity index (χ4n) is 0.105. The van der Waals surface area contributed by atoms with Crippen LogP contribution in [0.1, 0.15) is 0 Å². The van der Waals surface area contributed by atoms with E-state index in [9.17, 15) is 0 Å². The van der Waals surface area contributed by atoms with Crippen molar-refractivity contribution in [2.24, 2.45) is 0 Å². The van der Waals surface area contributed by atoms with Crippen LogP contribution in [0.2, 0.25) is 0 Å². The van der Waals surface area contributed by atoms with Crippen LogP contribution in [0.5, 0.6) is 0 Å². The minimum Gasteiger partial charge on any atom is -0.428 e. The predicted octanol–water partition coefficient (Wildman–Crippen LogP) is -0.896. The predicted molar refractivity (Wildman–Crippen MR) is 24.2 cm³/mol. The lowest BCUT2D eigenvalue weighted by Crippen LogP contribution is -1.79. The average Bonchev–Trinajstić information content (AvgIpc) is 1.61. The van der Waals surface area contributed by atoms with E-state index in [4.69, 9.17) is 9.90 Å². The summed E-state index contributed by atoms with van der Waals surface area (Å²) in [7, 11) is -0.176. The van der Waals surface area contributed by atoms with Crippen molar-refractivity contribution in [2.45, 2.75) is 0 Å². The summed E-state index contributed by atoms with van der Waals surface area (Å²) in [6, 6.07) is 0. The summed E-state index contributed by atoms with van der Waals surface area (Å²) < 4.78 is 0. The number of rotatable bonds is 2. The molecule has 2 radical (unpaired) electrons. The van der Waals surface area contributed by atoms with Crippen molar-refractivity contribution < 1.29 is 9.90 Å². The molecule has 0 heterocycles. The van der Waals surface area contributed by atoms with E-state index in [1.54, 1.807) is 0 Å². The quantitative estimate of drug-likeness (QED) is 0.444. The lowest BCUT2D eigenvalue weighted by molar-refractivity contribution is 0.343. The second-order valence-corrected chi connectivity index (χ2v) is 1.31. The first kappa shape index (κ1) is 5.88. The molecule has 0 saturated heterocycles. The molecule has 0 aromatic rings. The summed E-state index contributed by atoms with van der Waals surface area (Å²) >= 11 is 0. The van der Waals surface area contributed by atoms with Crippen LogP contribution in [0.15, 0.2) is 11.8 Å². The highest BCUT2D eigenvalue weighted by atomic mass is 28.2. The Hall–Kier alpha value is -0.123. The molecule has 0 saturated carbocycles. The zero-order chi connectivity index (χ0) is 4.83. The van der Waals surface area contributed by atoms with Crippen molar-refractivity contribution in [2.75, 3.05) is 6.61 Å². The first-order valence-corrected chi connectivity index (χ1v) is 2.59. The van der Waals surface area contributed by atoms with Gasteiger partial charge in [-0.15, -0.1) is 0 Å². The normalized spacial score (nSPS) is 10.3. The summed E-state index contributed by atoms with van der Waals surface area (Å²) in [6.07, 6.45) is 1.50. The average molecular weight is 102 g/mol. The first-order chi connectivity index (χ1) is 2.91. The van der Waals surface area contributed by atoms with Crippen LogP contribution < -0.4 is 0 Å². The molecule has 0 aromatic heterocycles. The van der Waals surface area contributed by atoms with Crippen LogP contribution in [0.4, 0.5) is 0 Å². The van der Waals surface area contributed by atoms with Gasteiger partial charge in [-0.25, -0.2) is 0 Å². The molecule has 2 N–H and O–H groups in total. The van der Waals surface area contributed by atoms with E-state index in [0.717, 1.165) is 0 Å². The minimum atomic E-state index is -0.176. The number of aliphatic hydroxyl groups excluding tert-OH is 1. The third kappa shape index (κ3) is 3.88. The molecular formula is C3H6O2Si. The Balaban J connectivity index is 2.73. The van der Waals surface area contributed by atoms with Crippen molar-refractivity contribution in [3.63, 3.8) is 0 Å². The molecule has 0 bridgehead atoms. The van der Waals surface area contributed by atoms with Gasteiger partial charge in [0, 0.05) is 0 Å². The van der Waals surface area contributed by atoms with Crippen LogP contribution in [0, 0.1) is 0 Å². The maximum absolute atomic E-state index is 8.03. The molecule has 0 amide bonds. The molecule has 0 aliphatic heterocycles. The second-order valence-electron chi connectivity index (χ2n) is 0.714. The van der Waals surface area contributed by atoms with Crippen molar-refractivity contribution in [1.82, 2.24) is 0 Å². The fraction of sp³-hybridized carbons (Fsp3) is 0.333. The van der Waals surface area contributed by atoms with Gasteiger partial charge in [0.05, 0.1) is 6.61 Å². The Bertz CT molecular complexity index is 38.1. The second kappa shape index (κ2) is 4.88. The highest BCUT2D eigenvalue weighted by Gasteiger charge is 1.65. The first-order valence-electron chi connectivity index (χ1n) is 1.57. The molecule has 6 heavy (non-hydrogen) atoms. The van der Waals surface area contributed by atoms with Crippen molar-refractivity contribution in [3.05, 3.63) is 11.8 Å². The van der Waals surface area contributed by atoms with Gasteiger partial charge in [-0.3, -0.25) is 0 Å². The number of hydrogen-bond donors (Lipinski definition) is 2.